The van der Waals surface area contributed by atoms with Crippen LogP contribution in [-0.2, 0) is 10.5 Å². The zero-order chi connectivity index (χ0) is 16.1. The number of carbonyl (C=O) groups is 2. The molecule has 0 spiro atoms. The van der Waals surface area contributed by atoms with Gasteiger partial charge in [0.2, 0.25) is 0 Å². The zero-order valence-electron chi connectivity index (χ0n) is 12.3. The maximum atomic E-state index is 12.4. The fraction of sp³-hybridized carbons (Fsp3) is 0.267. The molecule has 7 heteroatoms. The van der Waals surface area contributed by atoms with Crippen LogP contribution in [0.2, 0.25) is 0 Å². The highest BCUT2D eigenvalue weighted by molar-refractivity contribution is 7.98. The average Bonchev–Trinajstić information content (AvgIpc) is 2.89. The molecule has 0 fully saturated rings. The summed E-state index contributed by atoms with van der Waals surface area (Å²) in [5, 5.41) is 11.8. The summed E-state index contributed by atoms with van der Waals surface area (Å²) in [6.45, 7) is 1.64. The molecule has 0 saturated heterocycles. The molecule has 0 aliphatic heterocycles. The second kappa shape index (κ2) is 7.42. The van der Waals surface area contributed by atoms with Gasteiger partial charge in [-0.2, -0.15) is 0 Å². The number of benzene rings is 1. The molecule has 1 amide bonds. The normalized spacial score (nSPS) is 10.5. The molecule has 0 radical (unpaired) electrons. The molecule has 0 bridgehead atoms. The molecule has 22 heavy (non-hydrogen) atoms. The number of amides is 1. The number of rotatable bonds is 6. The number of aromatic nitrogens is 1. The Bertz CT molecular complexity index is 685. The van der Waals surface area contributed by atoms with E-state index in [0.717, 1.165) is 15.6 Å². The molecule has 0 aliphatic carbocycles. The molecule has 116 valence electrons. The molecule has 1 aromatic carbocycles. The number of hydrogen-bond acceptors (Lipinski definition) is 5. The van der Waals surface area contributed by atoms with Gasteiger partial charge in [0.05, 0.1) is 16.3 Å². The predicted molar refractivity (Wildman–Crippen MR) is 87.5 cm³/mol. The summed E-state index contributed by atoms with van der Waals surface area (Å²) in [4.78, 5) is 29.5. The van der Waals surface area contributed by atoms with Crippen molar-refractivity contribution in [3.05, 3.63) is 45.9 Å². The van der Waals surface area contributed by atoms with Crippen LogP contribution in [0.1, 0.15) is 21.1 Å². The molecule has 0 saturated carbocycles. The number of nitrogens with zero attached hydrogens (tertiary/aromatic N) is 2. The average molecular weight is 336 g/mol. The molecule has 0 unspecified atom stereocenters. The standard InChI is InChI=1S/C15H16N2O3S2/c1-10-16-11(8-21-10)9-22-13-6-4-3-5-12(13)15(20)17(2)7-14(18)19/h3-6,8H,7,9H2,1-2H3,(H,18,19). The van der Waals surface area contributed by atoms with Gasteiger partial charge in [-0.05, 0) is 19.1 Å². The fourth-order valence-corrected chi connectivity index (χ4v) is 3.53. The van der Waals surface area contributed by atoms with Gasteiger partial charge >= 0.3 is 5.97 Å². The topological polar surface area (TPSA) is 70.5 Å². The third kappa shape index (κ3) is 4.32. The van der Waals surface area contributed by atoms with Gasteiger partial charge in [-0.15, -0.1) is 23.1 Å². The molecule has 1 aromatic heterocycles. The number of aryl methyl sites for hydroxylation is 1. The first-order valence-electron chi connectivity index (χ1n) is 6.57. The van der Waals surface area contributed by atoms with Gasteiger partial charge in [0.25, 0.3) is 5.91 Å². The summed E-state index contributed by atoms with van der Waals surface area (Å²) in [5.41, 5.74) is 1.50. The molecule has 2 rings (SSSR count). The van der Waals surface area contributed by atoms with Crippen molar-refractivity contribution in [2.75, 3.05) is 13.6 Å². The van der Waals surface area contributed by atoms with Crippen molar-refractivity contribution in [1.29, 1.82) is 0 Å². The lowest BCUT2D eigenvalue weighted by atomic mass is 10.2. The van der Waals surface area contributed by atoms with Crippen molar-refractivity contribution >= 4 is 35.0 Å². The highest BCUT2D eigenvalue weighted by atomic mass is 32.2. The maximum Gasteiger partial charge on any atom is 0.323 e. The van der Waals surface area contributed by atoms with Crippen LogP contribution >= 0.6 is 23.1 Å². The van der Waals surface area contributed by atoms with Crippen molar-refractivity contribution in [3.63, 3.8) is 0 Å². The Morgan fingerprint density at radius 3 is 2.73 bits per heavy atom. The van der Waals surface area contributed by atoms with E-state index in [0.29, 0.717) is 11.3 Å². The van der Waals surface area contributed by atoms with Crippen molar-refractivity contribution in [2.24, 2.45) is 0 Å². The predicted octanol–water partition coefficient (Wildman–Crippen LogP) is 2.90. The Morgan fingerprint density at radius 2 is 2.09 bits per heavy atom. The molecule has 2 aromatic rings. The number of thiazole rings is 1. The lowest BCUT2D eigenvalue weighted by Gasteiger charge is -2.16. The molecule has 1 heterocycles. The minimum absolute atomic E-state index is 0.292. The zero-order valence-corrected chi connectivity index (χ0v) is 13.9. The minimum Gasteiger partial charge on any atom is -0.480 e. The first-order chi connectivity index (χ1) is 10.5. The van der Waals surface area contributed by atoms with E-state index in [1.54, 1.807) is 23.5 Å². The lowest BCUT2D eigenvalue weighted by molar-refractivity contribution is -0.137. The number of hydrogen-bond donors (Lipinski definition) is 1. The number of thioether (sulfide) groups is 1. The lowest BCUT2D eigenvalue weighted by Crippen LogP contribution is -2.32. The number of aliphatic carboxylic acids is 1. The van der Waals surface area contributed by atoms with Gasteiger partial charge < -0.3 is 10.0 Å². The summed E-state index contributed by atoms with van der Waals surface area (Å²) in [7, 11) is 1.49. The smallest absolute Gasteiger partial charge is 0.323 e. The van der Waals surface area contributed by atoms with Gasteiger partial charge in [0.15, 0.2) is 0 Å². The number of likely N-dealkylation sites (N-methyl/N-ethyl adjacent to an activating group) is 1. The second-order valence-electron chi connectivity index (χ2n) is 4.70. The molecular formula is C15H16N2O3S2. The van der Waals surface area contributed by atoms with E-state index in [1.165, 1.54) is 23.7 Å². The van der Waals surface area contributed by atoms with E-state index in [2.05, 4.69) is 4.98 Å². The van der Waals surface area contributed by atoms with Crippen LogP contribution in [-0.4, -0.2) is 40.5 Å². The Morgan fingerprint density at radius 1 is 1.36 bits per heavy atom. The SMILES string of the molecule is Cc1nc(CSc2ccccc2C(=O)N(C)CC(=O)O)cs1. The van der Waals surface area contributed by atoms with Crippen LogP contribution in [0.3, 0.4) is 0 Å². The van der Waals surface area contributed by atoms with E-state index >= 15 is 0 Å². The monoisotopic (exact) mass is 336 g/mol. The van der Waals surface area contributed by atoms with Crippen LogP contribution < -0.4 is 0 Å². The summed E-state index contributed by atoms with van der Waals surface area (Å²) >= 11 is 3.12. The Kier molecular flexibility index (Phi) is 5.57. The van der Waals surface area contributed by atoms with Crippen molar-refractivity contribution in [2.45, 2.75) is 17.6 Å². The van der Waals surface area contributed by atoms with E-state index in [1.807, 2.05) is 24.4 Å². The number of carboxylic acid groups (broad SMARTS) is 1. The molecule has 0 atom stereocenters. The van der Waals surface area contributed by atoms with Crippen molar-refractivity contribution in [3.8, 4) is 0 Å². The highest BCUT2D eigenvalue weighted by Crippen LogP contribution is 2.27. The quantitative estimate of drug-likeness (QED) is 0.821. The van der Waals surface area contributed by atoms with Crippen LogP contribution in [0.5, 0.6) is 0 Å². The van der Waals surface area contributed by atoms with E-state index in [-0.39, 0.29) is 12.5 Å². The first-order valence-corrected chi connectivity index (χ1v) is 8.44. The van der Waals surface area contributed by atoms with E-state index in [4.69, 9.17) is 5.11 Å². The molecular weight excluding hydrogens is 320 g/mol. The molecule has 5 nitrogen and oxygen atoms in total. The van der Waals surface area contributed by atoms with E-state index < -0.39 is 5.97 Å². The van der Waals surface area contributed by atoms with E-state index in [9.17, 15) is 9.59 Å². The van der Waals surface area contributed by atoms with Crippen molar-refractivity contribution in [1.82, 2.24) is 9.88 Å². The van der Waals surface area contributed by atoms with Crippen molar-refractivity contribution < 1.29 is 14.7 Å². The summed E-state index contributed by atoms with van der Waals surface area (Å²) in [5.74, 6) is -0.643. The third-order valence-corrected chi connectivity index (χ3v) is 4.81. The third-order valence-electron chi connectivity index (χ3n) is 2.88. The number of carbonyl (C=O) groups excluding carboxylic acids is 1. The van der Waals surface area contributed by atoms with Gasteiger partial charge in [0, 0.05) is 23.1 Å². The summed E-state index contributed by atoms with van der Waals surface area (Å²) in [6, 6.07) is 7.22. The minimum atomic E-state index is -1.03. The van der Waals surface area contributed by atoms with Gasteiger partial charge in [-0.3, -0.25) is 9.59 Å². The Labute approximate surface area is 137 Å². The van der Waals surface area contributed by atoms with Gasteiger partial charge in [0.1, 0.15) is 6.54 Å². The van der Waals surface area contributed by atoms with Gasteiger partial charge in [-0.25, -0.2) is 4.98 Å². The largest absolute Gasteiger partial charge is 0.480 e. The Balaban J connectivity index is 2.12. The summed E-state index contributed by atoms with van der Waals surface area (Å²) in [6.07, 6.45) is 0. The molecule has 1 N–H and O–H groups in total. The number of carboxylic acids is 1. The second-order valence-corrected chi connectivity index (χ2v) is 6.78. The summed E-state index contributed by atoms with van der Waals surface area (Å²) < 4.78 is 0. The molecule has 0 aliphatic rings. The van der Waals surface area contributed by atoms with Crippen LogP contribution in [0.25, 0.3) is 0 Å². The maximum absolute atomic E-state index is 12.4. The Hall–Kier alpha value is -1.86. The van der Waals surface area contributed by atoms with Gasteiger partial charge in [-0.1, -0.05) is 12.1 Å². The van der Waals surface area contributed by atoms with Crippen LogP contribution in [0.15, 0.2) is 34.5 Å². The fourth-order valence-electron chi connectivity index (χ4n) is 1.88. The highest BCUT2D eigenvalue weighted by Gasteiger charge is 2.17. The first kappa shape index (κ1) is 16.5. The van der Waals surface area contributed by atoms with Crippen LogP contribution in [0.4, 0.5) is 0 Å². The van der Waals surface area contributed by atoms with Crippen LogP contribution in [0, 0.1) is 6.92 Å².